The zero-order valence-corrected chi connectivity index (χ0v) is 8.76. The minimum absolute atomic E-state index is 0.139. The molecule has 0 aromatic carbocycles. The van der Waals surface area contributed by atoms with E-state index in [-0.39, 0.29) is 5.78 Å². The summed E-state index contributed by atoms with van der Waals surface area (Å²) in [6, 6.07) is 1.69. The summed E-state index contributed by atoms with van der Waals surface area (Å²) < 4.78 is 5.70. The number of aromatic nitrogens is 1. The van der Waals surface area contributed by atoms with E-state index >= 15 is 0 Å². The highest BCUT2D eigenvalue weighted by atomic mass is 79.9. The Morgan fingerprint density at radius 3 is 3.00 bits per heavy atom. The Morgan fingerprint density at radius 2 is 2.46 bits per heavy atom. The number of carbonyl (C=O) groups is 1. The van der Waals surface area contributed by atoms with Crippen molar-refractivity contribution in [2.45, 2.75) is 0 Å². The van der Waals surface area contributed by atoms with Crippen LogP contribution < -0.4 is 0 Å². The maximum absolute atomic E-state index is 11.6. The van der Waals surface area contributed by atoms with E-state index in [1.165, 1.54) is 23.8 Å². The van der Waals surface area contributed by atoms with Gasteiger partial charge in [-0.15, -0.1) is 11.3 Å². The third kappa shape index (κ3) is 1.57. The van der Waals surface area contributed by atoms with Crippen molar-refractivity contribution in [3.8, 4) is 0 Å². The molecule has 0 aliphatic carbocycles. The third-order valence-corrected chi connectivity index (χ3v) is 2.88. The molecule has 13 heavy (non-hydrogen) atoms. The molecule has 0 N–H and O–H groups in total. The van der Waals surface area contributed by atoms with Gasteiger partial charge in [-0.05, 0) is 22.0 Å². The Hall–Kier alpha value is -0.940. The van der Waals surface area contributed by atoms with Crippen molar-refractivity contribution in [2.24, 2.45) is 0 Å². The van der Waals surface area contributed by atoms with Crippen LogP contribution in [0.3, 0.4) is 0 Å². The summed E-state index contributed by atoms with van der Waals surface area (Å²) in [5.74, 6) is 0.184. The van der Waals surface area contributed by atoms with Crippen LogP contribution in [0.4, 0.5) is 0 Å². The van der Waals surface area contributed by atoms with Crippen molar-refractivity contribution < 1.29 is 9.21 Å². The summed E-state index contributed by atoms with van der Waals surface area (Å²) in [6.45, 7) is 0. The predicted molar refractivity (Wildman–Crippen MR) is 52.0 cm³/mol. The largest absolute Gasteiger partial charge is 0.460 e. The molecule has 0 radical (unpaired) electrons. The quantitative estimate of drug-likeness (QED) is 0.778. The standard InChI is InChI=1S/C8H4BrNO2S/c9-5-1-2-12-8(5)7(11)6-3-10-4-13-6/h1-4H. The van der Waals surface area contributed by atoms with Gasteiger partial charge >= 0.3 is 0 Å². The lowest BCUT2D eigenvalue weighted by molar-refractivity contribution is 0.101. The topological polar surface area (TPSA) is 43.1 Å². The summed E-state index contributed by atoms with van der Waals surface area (Å²) in [7, 11) is 0. The van der Waals surface area contributed by atoms with Gasteiger partial charge in [-0.1, -0.05) is 0 Å². The highest BCUT2D eigenvalue weighted by Gasteiger charge is 2.16. The fraction of sp³-hybridized carbons (Fsp3) is 0. The average Bonchev–Trinajstić information content (AvgIpc) is 2.72. The van der Waals surface area contributed by atoms with Gasteiger partial charge in [0, 0.05) is 6.20 Å². The van der Waals surface area contributed by atoms with E-state index in [9.17, 15) is 4.79 Å². The number of hydrogen-bond donors (Lipinski definition) is 0. The van der Waals surface area contributed by atoms with Crippen LogP contribution in [0.25, 0.3) is 0 Å². The van der Waals surface area contributed by atoms with Gasteiger partial charge in [-0.25, -0.2) is 0 Å². The lowest BCUT2D eigenvalue weighted by atomic mass is 10.3. The smallest absolute Gasteiger partial charge is 0.240 e. The fourth-order valence-corrected chi connectivity index (χ4v) is 1.83. The number of nitrogens with zero attached hydrogens (tertiary/aromatic N) is 1. The Balaban J connectivity index is 2.39. The maximum Gasteiger partial charge on any atom is 0.240 e. The molecule has 0 saturated carbocycles. The van der Waals surface area contributed by atoms with Gasteiger partial charge in [0.2, 0.25) is 5.78 Å². The van der Waals surface area contributed by atoms with E-state index in [1.807, 2.05) is 0 Å². The first kappa shape index (κ1) is 8.65. The van der Waals surface area contributed by atoms with E-state index in [2.05, 4.69) is 20.9 Å². The van der Waals surface area contributed by atoms with Gasteiger partial charge in [0.05, 0.1) is 21.1 Å². The van der Waals surface area contributed by atoms with Crippen LogP contribution in [-0.4, -0.2) is 10.8 Å². The van der Waals surface area contributed by atoms with Crippen molar-refractivity contribution in [3.05, 3.63) is 39.1 Å². The fourth-order valence-electron chi connectivity index (χ4n) is 0.896. The molecule has 0 amide bonds. The van der Waals surface area contributed by atoms with E-state index < -0.39 is 0 Å². The zero-order valence-electron chi connectivity index (χ0n) is 6.36. The van der Waals surface area contributed by atoms with E-state index in [1.54, 1.807) is 11.6 Å². The summed E-state index contributed by atoms with van der Waals surface area (Å²) in [5.41, 5.74) is 1.62. The van der Waals surface area contributed by atoms with Crippen LogP contribution in [0.1, 0.15) is 15.4 Å². The molecule has 0 bridgehead atoms. The molecule has 2 aromatic heterocycles. The zero-order chi connectivity index (χ0) is 9.26. The van der Waals surface area contributed by atoms with Crippen LogP contribution in [0.5, 0.6) is 0 Å². The summed E-state index contributed by atoms with van der Waals surface area (Å²) >= 11 is 4.52. The Bertz CT molecular complexity index is 421. The molecular weight excluding hydrogens is 254 g/mol. The van der Waals surface area contributed by atoms with Gasteiger partial charge in [0.15, 0.2) is 5.76 Å². The van der Waals surface area contributed by atoms with Crippen molar-refractivity contribution in [3.63, 3.8) is 0 Å². The highest BCUT2D eigenvalue weighted by molar-refractivity contribution is 9.10. The first-order valence-corrected chi connectivity index (χ1v) is 5.12. The molecule has 0 spiro atoms. The number of ketones is 1. The van der Waals surface area contributed by atoms with Crippen LogP contribution in [0.15, 0.2) is 32.9 Å². The second-order valence-electron chi connectivity index (χ2n) is 2.29. The number of hydrogen-bond acceptors (Lipinski definition) is 4. The molecule has 66 valence electrons. The number of rotatable bonds is 2. The summed E-state index contributed by atoms with van der Waals surface area (Å²) in [4.78, 5) is 16.0. The second kappa shape index (κ2) is 3.43. The van der Waals surface area contributed by atoms with Crippen molar-refractivity contribution in [1.82, 2.24) is 4.98 Å². The van der Waals surface area contributed by atoms with Gasteiger partial charge < -0.3 is 4.42 Å². The van der Waals surface area contributed by atoms with Crippen molar-refractivity contribution >= 4 is 33.0 Å². The molecule has 0 atom stereocenters. The molecular formula is C8H4BrNO2S. The first-order chi connectivity index (χ1) is 6.29. The minimum Gasteiger partial charge on any atom is -0.460 e. The van der Waals surface area contributed by atoms with E-state index in [0.717, 1.165) is 0 Å². The van der Waals surface area contributed by atoms with E-state index in [0.29, 0.717) is 15.1 Å². The van der Waals surface area contributed by atoms with Gasteiger partial charge in [0.1, 0.15) is 0 Å². The normalized spacial score (nSPS) is 10.2. The third-order valence-electron chi connectivity index (χ3n) is 1.48. The first-order valence-electron chi connectivity index (χ1n) is 3.45. The van der Waals surface area contributed by atoms with Crippen LogP contribution in [0, 0.1) is 0 Å². The molecule has 0 aliphatic heterocycles. The predicted octanol–water partition coefficient (Wildman–Crippen LogP) is 2.73. The summed E-state index contributed by atoms with van der Waals surface area (Å²) in [6.07, 6.45) is 3.00. The Kier molecular flexibility index (Phi) is 2.28. The molecule has 2 rings (SSSR count). The monoisotopic (exact) mass is 257 g/mol. The SMILES string of the molecule is O=C(c1cncs1)c1occc1Br. The Labute approximate surface area is 86.5 Å². The molecule has 2 heterocycles. The molecule has 2 aromatic rings. The molecule has 0 saturated heterocycles. The van der Waals surface area contributed by atoms with Gasteiger partial charge in [-0.2, -0.15) is 0 Å². The van der Waals surface area contributed by atoms with Crippen LogP contribution in [0.2, 0.25) is 0 Å². The second-order valence-corrected chi connectivity index (χ2v) is 4.03. The molecule has 0 unspecified atom stereocenters. The number of furan rings is 1. The summed E-state index contributed by atoms with van der Waals surface area (Å²) in [5, 5.41) is 0. The molecule has 5 heteroatoms. The molecule has 0 fully saturated rings. The van der Waals surface area contributed by atoms with Crippen molar-refractivity contribution in [2.75, 3.05) is 0 Å². The number of carbonyl (C=O) groups excluding carboxylic acids is 1. The van der Waals surface area contributed by atoms with Crippen LogP contribution >= 0.6 is 27.3 Å². The lowest BCUT2D eigenvalue weighted by Gasteiger charge is -1.91. The van der Waals surface area contributed by atoms with Crippen molar-refractivity contribution in [1.29, 1.82) is 0 Å². The number of halogens is 1. The van der Waals surface area contributed by atoms with Crippen LogP contribution in [-0.2, 0) is 0 Å². The van der Waals surface area contributed by atoms with E-state index in [4.69, 9.17) is 4.42 Å². The average molecular weight is 258 g/mol. The van der Waals surface area contributed by atoms with Gasteiger partial charge in [0.25, 0.3) is 0 Å². The number of thiazole rings is 1. The lowest BCUT2D eigenvalue weighted by Crippen LogP contribution is -1.96. The van der Waals surface area contributed by atoms with Gasteiger partial charge in [-0.3, -0.25) is 9.78 Å². The minimum atomic E-state index is -0.139. The highest BCUT2D eigenvalue weighted by Crippen LogP contribution is 2.22. The Morgan fingerprint density at radius 1 is 1.62 bits per heavy atom. The maximum atomic E-state index is 11.6. The molecule has 3 nitrogen and oxygen atoms in total. The molecule has 0 aliphatic rings.